The minimum Gasteiger partial charge on any atom is -0.476 e. The number of carbonyl (C=O) groups excluding carboxylic acids is 1. The van der Waals surface area contributed by atoms with E-state index < -0.39 is 5.60 Å². The number of anilines is 1. The Hall–Kier alpha value is -1.51. The van der Waals surface area contributed by atoms with Gasteiger partial charge in [0.2, 0.25) is 0 Å². The lowest BCUT2D eigenvalue weighted by molar-refractivity contribution is -0.132. The molecule has 1 aliphatic heterocycles. The molecule has 0 saturated carbocycles. The summed E-state index contributed by atoms with van der Waals surface area (Å²) in [5.74, 6) is 1.35. The molecule has 3 nitrogen and oxygen atoms in total. The number of rotatable bonds is 3. The number of nitrogens with zero attached hydrogens (tertiary/aromatic N) is 1. The molecule has 104 valence electrons. The van der Waals surface area contributed by atoms with E-state index in [0.717, 1.165) is 17.9 Å². The molecule has 1 heterocycles. The fourth-order valence-electron chi connectivity index (χ4n) is 2.44. The Morgan fingerprint density at radius 3 is 2.58 bits per heavy atom. The number of amides is 1. The fourth-order valence-corrected chi connectivity index (χ4v) is 2.44. The highest BCUT2D eigenvalue weighted by molar-refractivity contribution is 6.02. The van der Waals surface area contributed by atoms with Gasteiger partial charge in [0, 0.05) is 6.54 Å². The van der Waals surface area contributed by atoms with Gasteiger partial charge < -0.3 is 9.64 Å². The van der Waals surface area contributed by atoms with E-state index in [1.54, 1.807) is 4.90 Å². The van der Waals surface area contributed by atoms with Crippen molar-refractivity contribution in [2.24, 2.45) is 0 Å². The highest BCUT2D eigenvalue weighted by atomic mass is 16.5. The van der Waals surface area contributed by atoms with Crippen LogP contribution in [0.4, 0.5) is 5.69 Å². The summed E-state index contributed by atoms with van der Waals surface area (Å²) in [6.07, 6.45) is 1.10. The molecular formula is C16H23NO2. The zero-order chi connectivity index (χ0) is 14.2. The maximum absolute atomic E-state index is 12.3. The smallest absolute Gasteiger partial charge is 0.270 e. The summed E-state index contributed by atoms with van der Waals surface area (Å²) in [4.78, 5) is 14.1. The third-order valence-electron chi connectivity index (χ3n) is 3.90. The van der Waals surface area contributed by atoms with Crippen LogP contribution in [0.2, 0.25) is 0 Å². The molecule has 1 aliphatic rings. The van der Waals surface area contributed by atoms with Crippen molar-refractivity contribution in [1.29, 1.82) is 0 Å². The highest BCUT2D eigenvalue weighted by Gasteiger charge is 2.40. The maximum atomic E-state index is 12.3. The van der Waals surface area contributed by atoms with Crippen molar-refractivity contribution in [1.82, 2.24) is 0 Å². The lowest BCUT2D eigenvalue weighted by Crippen LogP contribution is -2.52. The number of hydrogen-bond acceptors (Lipinski definition) is 2. The standard InChI is InChI=1S/C16H23NO2/c1-6-11(3)12-8-9-13-14(10-12)19-16(4,5)15(18)17(13)7-2/h8-11H,6-7H2,1-5H3. The second-order valence-electron chi connectivity index (χ2n) is 5.70. The van der Waals surface area contributed by atoms with E-state index in [4.69, 9.17) is 4.74 Å². The van der Waals surface area contributed by atoms with Gasteiger partial charge in [-0.15, -0.1) is 0 Å². The summed E-state index contributed by atoms with van der Waals surface area (Å²) >= 11 is 0. The average molecular weight is 261 g/mol. The normalized spacial score (nSPS) is 18.8. The first-order valence-electron chi connectivity index (χ1n) is 7.05. The predicted octanol–water partition coefficient (Wildman–Crippen LogP) is 3.72. The van der Waals surface area contributed by atoms with Crippen LogP contribution < -0.4 is 9.64 Å². The molecule has 1 aromatic rings. The van der Waals surface area contributed by atoms with Crippen LogP contribution in [-0.4, -0.2) is 18.1 Å². The molecule has 2 rings (SSSR count). The number of carbonyl (C=O) groups is 1. The molecule has 1 atom stereocenters. The number of hydrogen-bond donors (Lipinski definition) is 0. The number of fused-ring (bicyclic) bond motifs is 1. The van der Waals surface area contributed by atoms with Crippen LogP contribution >= 0.6 is 0 Å². The van der Waals surface area contributed by atoms with Gasteiger partial charge >= 0.3 is 0 Å². The quantitative estimate of drug-likeness (QED) is 0.830. The van der Waals surface area contributed by atoms with Gasteiger partial charge in [-0.2, -0.15) is 0 Å². The number of likely N-dealkylation sites (N-methyl/N-ethyl adjacent to an activating group) is 1. The Bertz CT molecular complexity index is 494. The summed E-state index contributed by atoms with van der Waals surface area (Å²) in [6, 6.07) is 6.19. The highest BCUT2D eigenvalue weighted by Crippen LogP contribution is 2.39. The van der Waals surface area contributed by atoms with Crippen molar-refractivity contribution in [2.45, 2.75) is 52.6 Å². The van der Waals surface area contributed by atoms with Crippen LogP contribution in [-0.2, 0) is 4.79 Å². The molecule has 1 aromatic carbocycles. The van der Waals surface area contributed by atoms with Gasteiger partial charge in [-0.1, -0.05) is 19.9 Å². The third kappa shape index (κ3) is 2.34. The molecule has 0 aliphatic carbocycles. The van der Waals surface area contributed by atoms with Gasteiger partial charge in [0.15, 0.2) is 5.60 Å². The van der Waals surface area contributed by atoms with Crippen molar-refractivity contribution in [3.63, 3.8) is 0 Å². The van der Waals surface area contributed by atoms with E-state index in [0.29, 0.717) is 12.5 Å². The van der Waals surface area contributed by atoms with E-state index in [9.17, 15) is 4.79 Å². The van der Waals surface area contributed by atoms with Crippen molar-refractivity contribution >= 4 is 11.6 Å². The molecular weight excluding hydrogens is 238 g/mol. The van der Waals surface area contributed by atoms with Crippen LogP contribution in [0.3, 0.4) is 0 Å². The topological polar surface area (TPSA) is 29.5 Å². The largest absolute Gasteiger partial charge is 0.476 e. The van der Waals surface area contributed by atoms with Crippen LogP contribution in [0.15, 0.2) is 18.2 Å². The lowest BCUT2D eigenvalue weighted by Gasteiger charge is -2.38. The van der Waals surface area contributed by atoms with Gasteiger partial charge in [0.25, 0.3) is 5.91 Å². The summed E-state index contributed by atoms with van der Waals surface area (Å²) in [7, 11) is 0. The predicted molar refractivity (Wildman–Crippen MR) is 77.9 cm³/mol. The van der Waals surface area contributed by atoms with E-state index in [-0.39, 0.29) is 5.91 Å². The van der Waals surface area contributed by atoms with Gasteiger partial charge in [0.1, 0.15) is 5.75 Å². The Labute approximate surface area is 115 Å². The molecule has 1 unspecified atom stereocenters. The minimum atomic E-state index is -0.781. The first-order valence-corrected chi connectivity index (χ1v) is 7.05. The van der Waals surface area contributed by atoms with Crippen molar-refractivity contribution in [2.75, 3.05) is 11.4 Å². The fraction of sp³-hybridized carbons (Fsp3) is 0.562. The summed E-state index contributed by atoms with van der Waals surface area (Å²) in [5.41, 5.74) is 1.37. The molecule has 0 fully saturated rings. The number of benzene rings is 1. The van der Waals surface area contributed by atoms with Crippen molar-refractivity contribution in [3.05, 3.63) is 23.8 Å². The van der Waals surface area contributed by atoms with E-state index in [1.165, 1.54) is 5.56 Å². The summed E-state index contributed by atoms with van der Waals surface area (Å²) < 4.78 is 5.91. The lowest BCUT2D eigenvalue weighted by atomic mass is 9.96. The van der Waals surface area contributed by atoms with Gasteiger partial charge in [0.05, 0.1) is 5.69 Å². The van der Waals surface area contributed by atoms with Crippen LogP contribution in [0.5, 0.6) is 5.75 Å². The van der Waals surface area contributed by atoms with Crippen LogP contribution in [0.25, 0.3) is 0 Å². The Kier molecular flexibility index (Phi) is 3.57. The summed E-state index contributed by atoms with van der Waals surface area (Å²) in [5, 5.41) is 0. The van der Waals surface area contributed by atoms with Gasteiger partial charge in [-0.05, 0) is 50.8 Å². The Morgan fingerprint density at radius 2 is 2.00 bits per heavy atom. The van der Waals surface area contributed by atoms with Gasteiger partial charge in [-0.3, -0.25) is 4.79 Å². The zero-order valence-corrected chi connectivity index (χ0v) is 12.5. The Morgan fingerprint density at radius 1 is 1.32 bits per heavy atom. The van der Waals surface area contributed by atoms with Crippen molar-refractivity contribution in [3.8, 4) is 5.75 Å². The molecule has 1 amide bonds. The van der Waals surface area contributed by atoms with E-state index in [2.05, 4.69) is 26.0 Å². The van der Waals surface area contributed by atoms with Crippen LogP contribution in [0.1, 0.15) is 52.5 Å². The second kappa shape index (κ2) is 4.87. The SMILES string of the molecule is CCC(C)c1ccc2c(c1)OC(C)(C)C(=O)N2CC. The first-order chi connectivity index (χ1) is 8.90. The second-order valence-corrected chi connectivity index (χ2v) is 5.70. The molecule has 19 heavy (non-hydrogen) atoms. The third-order valence-corrected chi connectivity index (χ3v) is 3.90. The zero-order valence-electron chi connectivity index (χ0n) is 12.5. The van der Waals surface area contributed by atoms with E-state index >= 15 is 0 Å². The molecule has 0 bridgehead atoms. The summed E-state index contributed by atoms with van der Waals surface area (Å²) in [6.45, 7) is 10.7. The minimum absolute atomic E-state index is 0.0267. The molecule has 3 heteroatoms. The monoisotopic (exact) mass is 261 g/mol. The molecule has 0 aromatic heterocycles. The van der Waals surface area contributed by atoms with Crippen molar-refractivity contribution < 1.29 is 9.53 Å². The van der Waals surface area contributed by atoms with E-state index in [1.807, 2.05) is 26.8 Å². The molecule has 0 radical (unpaired) electrons. The molecule has 0 spiro atoms. The Balaban J connectivity index is 2.48. The average Bonchev–Trinajstić information content (AvgIpc) is 2.38. The van der Waals surface area contributed by atoms with Crippen LogP contribution in [0, 0.1) is 0 Å². The number of ether oxygens (including phenoxy) is 1. The molecule has 0 N–H and O–H groups in total. The first kappa shape index (κ1) is 13.9. The van der Waals surface area contributed by atoms with Gasteiger partial charge in [-0.25, -0.2) is 0 Å². The maximum Gasteiger partial charge on any atom is 0.270 e. The molecule has 0 saturated heterocycles.